The summed E-state index contributed by atoms with van der Waals surface area (Å²) in [6.45, 7) is 6.07. The molecular weight excluding hydrogens is 188 g/mol. The first-order chi connectivity index (χ1) is 7.09. The highest BCUT2D eigenvalue weighted by atomic mass is 16.2. The quantitative estimate of drug-likeness (QED) is 0.772. The van der Waals surface area contributed by atoms with Gasteiger partial charge in [0.05, 0.1) is 0 Å². The molecule has 0 aliphatic carbocycles. The molecule has 0 spiro atoms. The standard InChI is InChI=1S/C12H24N2O/c1-10(2)5-3-7-12(15)14-8-4-6-11(13)9-14/h10-11H,3-9,13H2,1-2H3. The van der Waals surface area contributed by atoms with E-state index in [9.17, 15) is 4.79 Å². The molecule has 1 amide bonds. The van der Waals surface area contributed by atoms with E-state index in [-0.39, 0.29) is 6.04 Å². The molecule has 15 heavy (non-hydrogen) atoms. The Hall–Kier alpha value is -0.570. The van der Waals surface area contributed by atoms with Crippen molar-refractivity contribution in [2.75, 3.05) is 13.1 Å². The van der Waals surface area contributed by atoms with Crippen LogP contribution < -0.4 is 5.73 Å². The topological polar surface area (TPSA) is 46.3 Å². The summed E-state index contributed by atoms with van der Waals surface area (Å²) in [4.78, 5) is 13.7. The minimum atomic E-state index is 0.202. The van der Waals surface area contributed by atoms with E-state index in [1.165, 1.54) is 0 Å². The first-order valence-corrected chi connectivity index (χ1v) is 6.13. The van der Waals surface area contributed by atoms with Gasteiger partial charge < -0.3 is 10.6 Å². The average Bonchev–Trinajstić information content (AvgIpc) is 2.17. The molecular formula is C12H24N2O. The summed E-state index contributed by atoms with van der Waals surface area (Å²) >= 11 is 0. The number of rotatable bonds is 4. The summed E-state index contributed by atoms with van der Waals surface area (Å²) in [6.07, 6.45) is 4.99. The Morgan fingerprint density at radius 3 is 2.87 bits per heavy atom. The minimum absolute atomic E-state index is 0.202. The largest absolute Gasteiger partial charge is 0.341 e. The molecule has 0 radical (unpaired) electrons. The van der Waals surface area contributed by atoms with Crippen molar-refractivity contribution in [3.63, 3.8) is 0 Å². The third-order valence-electron chi connectivity index (χ3n) is 2.98. The van der Waals surface area contributed by atoms with Gasteiger partial charge >= 0.3 is 0 Å². The molecule has 0 bridgehead atoms. The number of hydrogen-bond acceptors (Lipinski definition) is 2. The van der Waals surface area contributed by atoms with Crippen molar-refractivity contribution in [1.82, 2.24) is 4.90 Å². The third-order valence-corrected chi connectivity index (χ3v) is 2.98. The normalized spacial score (nSPS) is 22.1. The van der Waals surface area contributed by atoms with Crippen LogP contribution in [0.1, 0.15) is 46.0 Å². The lowest BCUT2D eigenvalue weighted by molar-refractivity contribution is -0.132. The maximum Gasteiger partial charge on any atom is 0.222 e. The molecule has 0 aromatic rings. The van der Waals surface area contributed by atoms with Crippen LogP contribution in [0.15, 0.2) is 0 Å². The average molecular weight is 212 g/mol. The Morgan fingerprint density at radius 2 is 2.27 bits per heavy atom. The summed E-state index contributed by atoms with van der Waals surface area (Å²) < 4.78 is 0. The lowest BCUT2D eigenvalue weighted by Crippen LogP contribution is -2.45. The lowest BCUT2D eigenvalue weighted by atomic mass is 10.0. The molecule has 0 saturated carbocycles. The number of likely N-dealkylation sites (tertiary alicyclic amines) is 1. The van der Waals surface area contributed by atoms with Crippen LogP contribution in [-0.4, -0.2) is 29.9 Å². The number of amides is 1. The predicted molar refractivity (Wildman–Crippen MR) is 62.5 cm³/mol. The summed E-state index contributed by atoms with van der Waals surface area (Å²) in [5.74, 6) is 0.993. The first-order valence-electron chi connectivity index (χ1n) is 6.13. The molecule has 1 heterocycles. The van der Waals surface area contributed by atoms with E-state index in [1.807, 2.05) is 4.90 Å². The third kappa shape index (κ3) is 4.65. The van der Waals surface area contributed by atoms with Gasteiger partial charge in [0.1, 0.15) is 0 Å². The number of nitrogens with zero attached hydrogens (tertiary/aromatic N) is 1. The molecule has 1 rings (SSSR count). The van der Waals surface area contributed by atoms with Crippen molar-refractivity contribution in [3.8, 4) is 0 Å². The van der Waals surface area contributed by atoms with Crippen LogP contribution in [0.2, 0.25) is 0 Å². The monoisotopic (exact) mass is 212 g/mol. The van der Waals surface area contributed by atoms with Crippen molar-refractivity contribution < 1.29 is 4.79 Å². The molecule has 88 valence electrons. The van der Waals surface area contributed by atoms with Gasteiger partial charge in [-0.25, -0.2) is 0 Å². The van der Waals surface area contributed by atoms with E-state index in [0.717, 1.165) is 38.8 Å². The van der Waals surface area contributed by atoms with Crippen LogP contribution in [0.25, 0.3) is 0 Å². The zero-order valence-corrected chi connectivity index (χ0v) is 10.0. The Bertz CT molecular complexity index is 204. The van der Waals surface area contributed by atoms with Crippen LogP contribution in [0, 0.1) is 5.92 Å². The van der Waals surface area contributed by atoms with Crippen LogP contribution >= 0.6 is 0 Å². The number of carbonyl (C=O) groups is 1. The molecule has 0 aromatic carbocycles. The van der Waals surface area contributed by atoms with E-state index < -0.39 is 0 Å². The van der Waals surface area contributed by atoms with Gasteiger partial charge in [0.15, 0.2) is 0 Å². The molecule has 1 unspecified atom stereocenters. The molecule has 1 fully saturated rings. The smallest absolute Gasteiger partial charge is 0.222 e. The number of nitrogens with two attached hydrogens (primary N) is 1. The molecule has 1 atom stereocenters. The fourth-order valence-electron chi connectivity index (χ4n) is 2.06. The van der Waals surface area contributed by atoms with Crippen molar-refractivity contribution >= 4 is 5.91 Å². The molecule has 0 aromatic heterocycles. The van der Waals surface area contributed by atoms with Gasteiger partial charge in [-0.2, -0.15) is 0 Å². The van der Waals surface area contributed by atoms with Gasteiger partial charge in [0, 0.05) is 25.6 Å². The molecule has 1 aliphatic rings. The summed E-state index contributed by atoms with van der Waals surface area (Å²) in [5.41, 5.74) is 5.85. The van der Waals surface area contributed by atoms with Crippen LogP contribution in [0.4, 0.5) is 0 Å². The second-order valence-electron chi connectivity index (χ2n) is 5.03. The highest BCUT2D eigenvalue weighted by molar-refractivity contribution is 5.76. The zero-order chi connectivity index (χ0) is 11.3. The van der Waals surface area contributed by atoms with Gasteiger partial charge in [0.2, 0.25) is 5.91 Å². The van der Waals surface area contributed by atoms with Crippen LogP contribution in [-0.2, 0) is 4.79 Å². The predicted octanol–water partition coefficient (Wildman–Crippen LogP) is 1.76. The van der Waals surface area contributed by atoms with Crippen molar-refractivity contribution in [3.05, 3.63) is 0 Å². The highest BCUT2D eigenvalue weighted by Gasteiger charge is 2.20. The maximum absolute atomic E-state index is 11.8. The number of carbonyl (C=O) groups excluding carboxylic acids is 1. The van der Waals surface area contributed by atoms with Crippen LogP contribution in [0.5, 0.6) is 0 Å². The summed E-state index contributed by atoms with van der Waals surface area (Å²) in [5, 5.41) is 0. The number of hydrogen-bond donors (Lipinski definition) is 1. The fraction of sp³-hybridized carbons (Fsp3) is 0.917. The van der Waals surface area contributed by atoms with E-state index in [2.05, 4.69) is 13.8 Å². The molecule has 1 saturated heterocycles. The second-order valence-corrected chi connectivity index (χ2v) is 5.03. The maximum atomic E-state index is 11.8. The van der Waals surface area contributed by atoms with Gasteiger partial charge in [-0.1, -0.05) is 20.3 Å². The first kappa shape index (κ1) is 12.5. The SMILES string of the molecule is CC(C)CCCC(=O)N1CCCC(N)C1. The van der Waals surface area contributed by atoms with Gasteiger partial charge in [-0.3, -0.25) is 4.79 Å². The van der Waals surface area contributed by atoms with Crippen molar-refractivity contribution in [2.45, 2.75) is 52.0 Å². The van der Waals surface area contributed by atoms with Crippen molar-refractivity contribution in [1.29, 1.82) is 0 Å². The van der Waals surface area contributed by atoms with E-state index in [1.54, 1.807) is 0 Å². The fourth-order valence-corrected chi connectivity index (χ4v) is 2.06. The summed E-state index contributed by atoms with van der Waals surface area (Å²) in [7, 11) is 0. The summed E-state index contributed by atoms with van der Waals surface area (Å²) in [6, 6.07) is 0.202. The highest BCUT2D eigenvalue weighted by Crippen LogP contribution is 2.12. The van der Waals surface area contributed by atoms with Gasteiger partial charge in [0.25, 0.3) is 0 Å². The van der Waals surface area contributed by atoms with Gasteiger partial charge in [-0.05, 0) is 25.2 Å². The molecule has 2 N–H and O–H groups in total. The minimum Gasteiger partial charge on any atom is -0.341 e. The Morgan fingerprint density at radius 1 is 1.53 bits per heavy atom. The van der Waals surface area contributed by atoms with E-state index in [0.29, 0.717) is 18.2 Å². The number of piperidine rings is 1. The Labute approximate surface area is 93.0 Å². The molecule has 3 heteroatoms. The molecule has 3 nitrogen and oxygen atoms in total. The van der Waals surface area contributed by atoms with Crippen molar-refractivity contribution in [2.24, 2.45) is 11.7 Å². The Balaban J connectivity index is 2.21. The van der Waals surface area contributed by atoms with E-state index in [4.69, 9.17) is 5.73 Å². The van der Waals surface area contributed by atoms with Gasteiger partial charge in [-0.15, -0.1) is 0 Å². The lowest BCUT2D eigenvalue weighted by Gasteiger charge is -2.30. The van der Waals surface area contributed by atoms with E-state index >= 15 is 0 Å². The van der Waals surface area contributed by atoms with Crippen LogP contribution in [0.3, 0.4) is 0 Å². The zero-order valence-electron chi connectivity index (χ0n) is 10.0. The second kappa shape index (κ2) is 6.11. The molecule has 1 aliphatic heterocycles. The Kier molecular flexibility index (Phi) is 5.09.